The number of carboxylic acid groups (broad SMARTS) is 2. The molecule has 9 heteroatoms. The van der Waals surface area contributed by atoms with E-state index in [1.165, 1.54) is 11.8 Å². The number of benzene rings is 1. The summed E-state index contributed by atoms with van der Waals surface area (Å²) in [7, 11) is 0. The van der Waals surface area contributed by atoms with Crippen molar-refractivity contribution in [3.05, 3.63) is 34.7 Å². The van der Waals surface area contributed by atoms with Gasteiger partial charge < -0.3 is 14.9 Å². The fraction of sp³-hybridized carbons (Fsp3) is 0.478. The number of hydrogen-bond donors (Lipinski definition) is 2. The highest BCUT2D eigenvalue weighted by molar-refractivity contribution is 8.26. The second kappa shape index (κ2) is 13.9. The Hall–Kier alpha value is -2.39. The number of carbonyl (C=O) groups is 3. The van der Waals surface area contributed by atoms with Gasteiger partial charge in [-0.15, -0.1) is 0 Å². The van der Waals surface area contributed by atoms with Crippen molar-refractivity contribution in [2.24, 2.45) is 0 Å². The molecule has 0 bridgehead atoms. The van der Waals surface area contributed by atoms with Crippen LogP contribution < -0.4 is 4.74 Å². The molecule has 7 nitrogen and oxygen atoms in total. The lowest BCUT2D eigenvalue weighted by Crippen LogP contribution is -2.29. The zero-order chi connectivity index (χ0) is 23.3. The number of thiocarbonyl (C=S) groups is 1. The Morgan fingerprint density at radius 3 is 2.31 bits per heavy atom. The van der Waals surface area contributed by atoms with Gasteiger partial charge in [-0.25, -0.2) is 4.79 Å². The van der Waals surface area contributed by atoms with Crippen molar-refractivity contribution < 1.29 is 29.3 Å². The second-order valence-corrected chi connectivity index (χ2v) is 9.24. The largest absolute Gasteiger partial charge is 0.482 e. The lowest BCUT2D eigenvalue weighted by molar-refractivity contribution is -0.139. The number of ether oxygens (including phenoxy) is 1. The Labute approximate surface area is 197 Å². The van der Waals surface area contributed by atoms with Crippen molar-refractivity contribution in [2.75, 3.05) is 13.2 Å². The van der Waals surface area contributed by atoms with Crippen LogP contribution in [0, 0.1) is 0 Å². The van der Waals surface area contributed by atoms with Crippen LogP contribution in [0.1, 0.15) is 63.4 Å². The molecule has 1 fully saturated rings. The van der Waals surface area contributed by atoms with Gasteiger partial charge in [0.15, 0.2) is 6.61 Å². The molecule has 0 saturated carbocycles. The molecule has 2 rings (SSSR count). The van der Waals surface area contributed by atoms with Crippen molar-refractivity contribution >= 4 is 52.2 Å². The minimum Gasteiger partial charge on any atom is -0.482 e. The van der Waals surface area contributed by atoms with E-state index in [9.17, 15) is 14.4 Å². The van der Waals surface area contributed by atoms with Gasteiger partial charge in [-0.1, -0.05) is 74.6 Å². The third-order valence-electron chi connectivity index (χ3n) is 4.91. The summed E-state index contributed by atoms with van der Waals surface area (Å²) in [6.45, 7) is 0.179. The summed E-state index contributed by atoms with van der Waals surface area (Å²) in [4.78, 5) is 36.0. The zero-order valence-corrected chi connectivity index (χ0v) is 19.6. The predicted octanol–water partition coefficient (Wildman–Crippen LogP) is 4.95. The first-order valence-electron chi connectivity index (χ1n) is 10.8. The molecule has 0 spiro atoms. The van der Waals surface area contributed by atoms with Gasteiger partial charge in [-0.05, 0) is 36.6 Å². The van der Waals surface area contributed by atoms with Gasteiger partial charge in [-0.2, -0.15) is 0 Å². The molecule has 1 saturated heterocycles. The van der Waals surface area contributed by atoms with E-state index in [0.29, 0.717) is 21.5 Å². The SMILES string of the molecule is O=C(O)CCCCCCCCCCN1C(=O)C(=Cc2cccc(OCC(=O)O)c2)SC1=S. The Balaban J connectivity index is 1.72. The third kappa shape index (κ3) is 9.40. The molecule has 0 aromatic heterocycles. The van der Waals surface area contributed by atoms with E-state index in [1.807, 2.05) is 6.07 Å². The number of aliphatic carboxylic acids is 2. The Morgan fingerprint density at radius 2 is 1.66 bits per heavy atom. The molecular formula is C23H29NO6S2. The standard InChI is InChI=1S/C23H29NO6S2/c25-20(26)12-7-5-3-1-2-4-6-8-13-24-22(29)19(32-23(24)31)15-17-10-9-11-18(14-17)30-16-21(27)28/h9-11,14-15H,1-8,12-13,16H2,(H,25,26)(H,27,28). The highest BCUT2D eigenvalue weighted by Crippen LogP contribution is 2.33. The number of carbonyl (C=O) groups excluding carboxylic acids is 1. The lowest BCUT2D eigenvalue weighted by Gasteiger charge is -2.14. The summed E-state index contributed by atoms with van der Waals surface area (Å²) >= 11 is 6.66. The Morgan fingerprint density at radius 1 is 1.00 bits per heavy atom. The molecule has 1 amide bonds. The predicted molar refractivity (Wildman–Crippen MR) is 129 cm³/mol. The maximum atomic E-state index is 12.7. The molecule has 1 aliphatic heterocycles. The van der Waals surface area contributed by atoms with E-state index in [1.54, 1.807) is 29.2 Å². The maximum Gasteiger partial charge on any atom is 0.341 e. The molecule has 2 N–H and O–H groups in total. The van der Waals surface area contributed by atoms with Gasteiger partial charge in [-0.3, -0.25) is 14.5 Å². The van der Waals surface area contributed by atoms with E-state index in [2.05, 4.69) is 0 Å². The highest BCUT2D eigenvalue weighted by atomic mass is 32.2. The lowest BCUT2D eigenvalue weighted by atomic mass is 10.1. The smallest absolute Gasteiger partial charge is 0.341 e. The molecule has 1 aliphatic rings. The first-order valence-corrected chi connectivity index (χ1v) is 12.0. The zero-order valence-electron chi connectivity index (χ0n) is 18.0. The fourth-order valence-corrected chi connectivity index (χ4v) is 4.60. The van der Waals surface area contributed by atoms with Crippen LogP contribution in [0.2, 0.25) is 0 Å². The minimum atomic E-state index is -1.05. The Bertz CT molecular complexity index is 855. The number of thioether (sulfide) groups is 1. The summed E-state index contributed by atoms with van der Waals surface area (Å²) in [5.74, 6) is -1.45. The third-order valence-corrected chi connectivity index (χ3v) is 6.29. The van der Waals surface area contributed by atoms with Crippen LogP contribution in [0.3, 0.4) is 0 Å². The van der Waals surface area contributed by atoms with Crippen LogP contribution in [0.5, 0.6) is 5.75 Å². The minimum absolute atomic E-state index is 0.102. The Kier molecular flexibility index (Phi) is 11.2. The van der Waals surface area contributed by atoms with Gasteiger partial charge in [0.25, 0.3) is 5.91 Å². The summed E-state index contributed by atoms with van der Waals surface area (Å²) < 4.78 is 5.74. The van der Waals surface area contributed by atoms with E-state index >= 15 is 0 Å². The van der Waals surface area contributed by atoms with Gasteiger partial charge in [0.2, 0.25) is 0 Å². The van der Waals surface area contributed by atoms with Crippen molar-refractivity contribution in [3.63, 3.8) is 0 Å². The molecule has 32 heavy (non-hydrogen) atoms. The molecule has 0 unspecified atom stereocenters. The summed E-state index contributed by atoms with van der Waals surface area (Å²) in [5.41, 5.74) is 0.747. The number of nitrogens with zero attached hydrogens (tertiary/aromatic N) is 1. The quantitative estimate of drug-likeness (QED) is 0.207. The summed E-state index contributed by atoms with van der Waals surface area (Å²) in [6, 6.07) is 6.93. The van der Waals surface area contributed by atoms with Crippen LogP contribution in [0.15, 0.2) is 29.2 Å². The first kappa shape index (κ1) is 25.9. The fourth-order valence-electron chi connectivity index (χ4n) is 3.29. The molecule has 1 heterocycles. The molecule has 1 aromatic rings. The van der Waals surface area contributed by atoms with Crippen LogP contribution in [-0.4, -0.2) is 50.4 Å². The van der Waals surface area contributed by atoms with E-state index < -0.39 is 18.5 Å². The van der Waals surface area contributed by atoms with Gasteiger partial charge in [0.1, 0.15) is 10.1 Å². The molecule has 1 aromatic carbocycles. The number of amides is 1. The molecule has 0 radical (unpaired) electrons. The second-order valence-electron chi connectivity index (χ2n) is 7.56. The van der Waals surface area contributed by atoms with Crippen molar-refractivity contribution in [2.45, 2.75) is 57.8 Å². The number of carboxylic acids is 2. The topological polar surface area (TPSA) is 104 Å². The van der Waals surface area contributed by atoms with Crippen LogP contribution in [-0.2, 0) is 14.4 Å². The molecular weight excluding hydrogens is 450 g/mol. The molecule has 174 valence electrons. The van der Waals surface area contributed by atoms with Gasteiger partial charge in [0.05, 0.1) is 4.91 Å². The monoisotopic (exact) mass is 479 g/mol. The van der Waals surface area contributed by atoms with Crippen molar-refractivity contribution in [1.82, 2.24) is 4.90 Å². The van der Waals surface area contributed by atoms with E-state index in [4.69, 9.17) is 27.2 Å². The number of rotatable bonds is 15. The van der Waals surface area contributed by atoms with E-state index in [-0.39, 0.29) is 12.3 Å². The van der Waals surface area contributed by atoms with Crippen LogP contribution >= 0.6 is 24.0 Å². The average Bonchev–Trinajstić information content (AvgIpc) is 3.00. The molecule has 0 aliphatic carbocycles. The first-order chi connectivity index (χ1) is 15.4. The number of hydrogen-bond acceptors (Lipinski definition) is 6. The summed E-state index contributed by atoms with van der Waals surface area (Å²) in [5, 5.41) is 17.3. The number of unbranched alkanes of at least 4 members (excludes halogenated alkanes) is 7. The van der Waals surface area contributed by atoms with Gasteiger partial charge >= 0.3 is 11.9 Å². The van der Waals surface area contributed by atoms with Crippen LogP contribution in [0.4, 0.5) is 0 Å². The van der Waals surface area contributed by atoms with E-state index in [0.717, 1.165) is 56.9 Å². The van der Waals surface area contributed by atoms with Gasteiger partial charge in [0, 0.05) is 13.0 Å². The summed E-state index contributed by atoms with van der Waals surface area (Å²) in [6.07, 6.45) is 10.00. The average molecular weight is 480 g/mol. The highest BCUT2D eigenvalue weighted by Gasteiger charge is 2.31. The van der Waals surface area contributed by atoms with Crippen molar-refractivity contribution in [1.29, 1.82) is 0 Å². The molecule has 0 atom stereocenters. The normalized spacial score (nSPS) is 14.9. The van der Waals surface area contributed by atoms with Crippen LogP contribution in [0.25, 0.3) is 6.08 Å². The maximum absolute atomic E-state index is 12.7. The van der Waals surface area contributed by atoms with Crippen molar-refractivity contribution in [3.8, 4) is 5.75 Å².